The van der Waals surface area contributed by atoms with Crippen LogP contribution in [0.1, 0.15) is 33.6 Å². The maximum absolute atomic E-state index is 12.5. The van der Waals surface area contributed by atoms with Crippen LogP contribution in [-0.2, 0) is 23.2 Å². The van der Waals surface area contributed by atoms with Crippen LogP contribution in [0.4, 0.5) is 0 Å². The Kier molecular flexibility index (Phi) is 3.98. The molecular formula is C21H20N2O4. The number of methoxy groups -OCH3 is 1. The van der Waals surface area contributed by atoms with Crippen LogP contribution in [0.25, 0.3) is 10.9 Å². The first-order chi connectivity index (χ1) is 13.0. The van der Waals surface area contributed by atoms with Crippen LogP contribution < -0.4 is 0 Å². The van der Waals surface area contributed by atoms with Crippen LogP contribution in [-0.4, -0.2) is 22.6 Å². The summed E-state index contributed by atoms with van der Waals surface area (Å²) in [6.07, 6.45) is 0.775. The van der Waals surface area contributed by atoms with Gasteiger partial charge in [-0.25, -0.2) is 4.79 Å². The summed E-state index contributed by atoms with van der Waals surface area (Å²) in [5.74, 6) is -0.396. The third-order valence-corrected chi connectivity index (χ3v) is 5.57. The molecule has 27 heavy (non-hydrogen) atoms. The van der Waals surface area contributed by atoms with Crippen molar-refractivity contribution < 1.29 is 14.5 Å². The maximum Gasteiger partial charge on any atom is 0.340 e. The monoisotopic (exact) mass is 364 g/mol. The summed E-state index contributed by atoms with van der Waals surface area (Å²) in [7, 11) is 1.36. The Balaban J connectivity index is 1.96. The number of hydrogen-bond donors (Lipinski definition) is 0. The average molecular weight is 364 g/mol. The molecule has 6 heteroatoms. The van der Waals surface area contributed by atoms with E-state index in [2.05, 4.69) is 0 Å². The van der Waals surface area contributed by atoms with Crippen molar-refractivity contribution >= 4 is 16.9 Å². The normalized spacial score (nSPS) is 18.9. The van der Waals surface area contributed by atoms with Gasteiger partial charge in [0.15, 0.2) is 0 Å². The van der Waals surface area contributed by atoms with Crippen LogP contribution in [0.5, 0.6) is 0 Å². The molecule has 1 aliphatic rings. The van der Waals surface area contributed by atoms with E-state index in [0.717, 1.165) is 22.2 Å². The Morgan fingerprint density at radius 2 is 1.96 bits per heavy atom. The molecule has 2 aromatic carbocycles. The molecule has 138 valence electrons. The summed E-state index contributed by atoms with van der Waals surface area (Å²) < 4.78 is 6.94. The van der Waals surface area contributed by atoms with E-state index in [-0.39, 0.29) is 11.5 Å². The number of carbonyl (C=O) groups is 1. The zero-order chi connectivity index (χ0) is 19.2. The number of aryl methyl sites for hydroxylation is 1. The number of ether oxygens (including phenoxy) is 1. The molecule has 1 aromatic heterocycles. The van der Waals surface area contributed by atoms with Gasteiger partial charge in [0.25, 0.3) is 5.54 Å². The van der Waals surface area contributed by atoms with Gasteiger partial charge in [-0.15, -0.1) is 0 Å². The van der Waals surface area contributed by atoms with Gasteiger partial charge in [-0.3, -0.25) is 10.1 Å². The predicted molar refractivity (Wildman–Crippen MR) is 101 cm³/mol. The van der Waals surface area contributed by atoms with Crippen molar-refractivity contribution in [1.29, 1.82) is 0 Å². The number of hydrogen-bond acceptors (Lipinski definition) is 4. The first-order valence-corrected chi connectivity index (χ1v) is 8.88. The van der Waals surface area contributed by atoms with Crippen molar-refractivity contribution in [2.75, 3.05) is 7.11 Å². The molecule has 0 saturated carbocycles. The lowest BCUT2D eigenvalue weighted by molar-refractivity contribution is -0.585. The Morgan fingerprint density at radius 3 is 2.63 bits per heavy atom. The van der Waals surface area contributed by atoms with Crippen molar-refractivity contribution in [2.24, 2.45) is 0 Å². The molecule has 3 aromatic rings. The van der Waals surface area contributed by atoms with Crippen molar-refractivity contribution in [1.82, 2.24) is 4.57 Å². The predicted octanol–water partition coefficient (Wildman–Crippen LogP) is 3.85. The minimum atomic E-state index is -1.21. The van der Waals surface area contributed by atoms with Crippen LogP contribution in [0.2, 0.25) is 0 Å². The lowest BCUT2D eigenvalue weighted by Crippen LogP contribution is -2.43. The highest BCUT2D eigenvalue weighted by molar-refractivity contribution is 6.06. The van der Waals surface area contributed by atoms with E-state index in [9.17, 15) is 14.9 Å². The Labute approximate surface area is 156 Å². The van der Waals surface area contributed by atoms with E-state index in [4.69, 9.17) is 4.74 Å². The largest absolute Gasteiger partial charge is 0.465 e. The summed E-state index contributed by atoms with van der Waals surface area (Å²) in [6.45, 7) is 2.15. The minimum Gasteiger partial charge on any atom is -0.465 e. The molecule has 1 aliphatic heterocycles. The molecule has 0 saturated heterocycles. The molecule has 6 nitrogen and oxygen atoms in total. The third kappa shape index (κ3) is 2.51. The summed E-state index contributed by atoms with van der Waals surface area (Å²) in [4.78, 5) is 24.5. The van der Waals surface area contributed by atoms with Crippen LogP contribution >= 0.6 is 0 Å². The fourth-order valence-electron chi connectivity index (χ4n) is 4.20. The number of rotatable bonds is 3. The minimum absolute atomic E-state index is 0.177. The van der Waals surface area contributed by atoms with Gasteiger partial charge < -0.3 is 9.30 Å². The SMILES string of the molecule is COC(=O)c1c2n(c3ccc(C)cc13)C[C@](c1ccccc1)([N+](=O)[O-])CC2. The highest BCUT2D eigenvalue weighted by Gasteiger charge is 2.49. The molecule has 0 fully saturated rings. The van der Waals surface area contributed by atoms with E-state index in [1.165, 1.54) is 7.11 Å². The van der Waals surface area contributed by atoms with Gasteiger partial charge in [0.2, 0.25) is 0 Å². The van der Waals surface area contributed by atoms with Crippen molar-refractivity contribution in [3.05, 3.63) is 81.0 Å². The molecular weight excluding hydrogens is 344 g/mol. The number of fused-ring (bicyclic) bond motifs is 3. The van der Waals surface area contributed by atoms with E-state index in [1.807, 2.05) is 60.0 Å². The Bertz CT molecular complexity index is 1050. The molecule has 0 radical (unpaired) electrons. The molecule has 0 aliphatic carbocycles. The van der Waals surface area contributed by atoms with E-state index >= 15 is 0 Å². The number of nitro groups is 1. The van der Waals surface area contributed by atoms with Gasteiger partial charge in [-0.05, 0) is 25.5 Å². The Morgan fingerprint density at radius 1 is 1.22 bits per heavy atom. The summed E-state index contributed by atoms with van der Waals surface area (Å²) in [5, 5.41) is 13.0. The van der Waals surface area contributed by atoms with Crippen LogP contribution in [0.15, 0.2) is 48.5 Å². The van der Waals surface area contributed by atoms with Crippen molar-refractivity contribution in [3.63, 3.8) is 0 Å². The molecule has 0 bridgehead atoms. The lowest BCUT2D eigenvalue weighted by atomic mass is 9.82. The molecule has 0 unspecified atom stereocenters. The number of aromatic nitrogens is 1. The fraction of sp³-hybridized carbons (Fsp3) is 0.286. The van der Waals surface area contributed by atoms with Gasteiger partial charge in [0.1, 0.15) is 0 Å². The van der Waals surface area contributed by atoms with Crippen molar-refractivity contribution in [2.45, 2.75) is 31.8 Å². The topological polar surface area (TPSA) is 74.4 Å². The number of nitrogens with zero attached hydrogens (tertiary/aromatic N) is 2. The molecule has 0 N–H and O–H groups in total. The third-order valence-electron chi connectivity index (χ3n) is 5.57. The zero-order valence-electron chi connectivity index (χ0n) is 15.3. The first-order valence-electron chi connectivity index (χ1n) is 8.88. The average Bonchev–Trinajstić information content (AvgIpc) is 3.00. The fourth-order valence-corrected chi connectivity index (χ4v) is 4.20. The van der Waals surface area contributed by atoms with Crippen LogP contribution in [0.3, 0.4) is 0 Å². The highest BCUT2D eigenvalue weighted by Crippen LogP contribution is 2.41. The smallest absolute Gasteiger partial charge is 0.340 e. The van der Waals surface area contributed by atoms with Gasteiger partial charge >= 0.3 is 5.97 Å². The number of esters is 1. The second-order valence-electron chi connectivity index (χ2n) is 7.07. The van der Waals surface area contributed by atoms with E-state index in [1.54, 1.807) is 0 Å². The number of carbonyl (C=O) groups excluding carboxylic acids is 1. The van der Waals surface area contributed by atoms with Crippen molar-refractivity contribution in [3.8, 4) is 0 Å². The van der Waals surface area contributed by atoms with Crippen LogP contribution in [0, 0.1) is 17.0 Å². The van der Waals surface area contributed by atoms with Gasteiger partial charge in [-0.1, -0.05) is 42.0 Å². The molecule has 4 rings (SSSR count). The summed E-state index contributed by atoms with van der Waals surface area (Å²) >= 11 is 0. The van der Waals surface area contributed by atoms with Gasteiger partial charge in [-0.2, -0.15) is 0 Å². The second kappa shape index (κ2) is 6.23. The quantitative estimate of drug-likeness (QED) is 0.402. The highest BCUT2D eigenvalue weighted by atomic mass is 16.6. The standard InChI is InChI=1S/C21H20N2O4/c1-14-8-9-17-16(12-14)19(20(24)27-2)18-10-11-21(23(25)26,13-22(17)18)15-6-4-3-5-7-15/h3-9,12H,10-11,13H2,1-2H3/t21-/m1/s1. The van der Waals surface area contributed by atoms with E-state index in [0.29, 0.717) is 24.0 Å². The second-order valence-corrected chi connectivity index (χ2v) is 7.07. The molecule has 2 heterocycles. The van der Waals surface area contributed by atoms with Gasteiger partial charge in [0.05, 0.1) is 19.2 Å². The molecule has 0 amide bonds. The molecule has 0 spiro atoms. The lowest BCUT2D eigenvalue weighted by Gasteiger charge is -2.31. The Hall–Kier alpha value is -3.15. The summed E-state index contributed by atoms with van der Waals surface area (Å²) in [6, 6.07) is 15.0. The summed E-state index contributed by atoms with van der Waals surface area (Å²) in [5.41, 5.74) is 2.68. The molecule has 1 atom stereocenters. The zero-order valence-corrected chi connectivity index (χ0v) is 15.3. The first kappa shape index (κ1) is 17.3. The number of benzene rings is 2. The maximum atomic E-state index is 12.5. The van der Waals surface area contributed by atoms with E-state index < -0.39 is 11.5 Å². The van der Waals surface area contributed by atoms with Gasteiger partial charge in [0, 0.05) is 33.5 Å².